The van der Waals surface area contributed by atoms with Gasteiger partial charge in [-0.25, -0.2) is 13.1 Å². The van der Waals surface area contributed by atoms with Gasteiger partial charge >= 0.3 is 0 Å². The maximum Gasteiger partial charge on any atom is 0.215 e. The molecule has 0 heterocycles. The number of hydrogen-bond donors (Lipinski definition) is 2. The summed E-state index contributed by atoms with van der Waals surface area (Å²) in [5, 5.41) is 2.79. The Labute approximate surface area is 99.2 Å². The normalized spacial score (nSPS) is 27.4. The van der Waals surface area contributed by atoms with E-state index in [9.17, 15) is 8.42 Å². The van der Waals surface area contributed by atoms with E-state index in [4.69, 9.17) is 0 Å². The fourth-order valence-electron chi connectivity index (χ4n) is 1.94. The predicted molar refractivity (Wildman–Crippen MR) is 66.9 cm³/mol. The highest BCUT2D eigenvalue weighted by Gasteiger charge is 2.31. The average molecular weight is 248 g/mol. The van der Waals surface area contributed by atoms with Gasteiger partial charge in [0.2, 0.25) is 10.0 Å². The lowest BCUT2D eigenvalue weighted by Crippen LogP contribution is -2.48. The zero-order valence-corrected chi connectivity index (χ0v) is 11.3. The summed E-state index contributed by atoms with van der Waals surface area (Å²) in [7, 11) is -3.14. The average Bonchev–Trinajstić information content (AvgIpc) is 2.15. The Hall–Kier alpha value is -0.130. The van der Waals surface area contributed by atoms with Gasteiger partial charge in [-0.3, -0.25) is 0 Å². The van der Waals surface area contributed by atoms with E-state index in [2.05, 4.69) is 23.9 Å². The third-order valence-corrected chi connectivity index (χ3v) is 4.98. The Balaban J connectivity index is 2.31. The van der Waals surface area contributed by atoms with Crippen molar-refractivity contribution in [2.24, 2.45) is 5.92 Å². The molecule has 0 aromatic carbocycles. The fraction of sp³-hybridized carbons (Fsp3) is 1.00. The quantitative estimate of drug-likeness (QED) is 0.663. The Bertz CT molecular complexity index is 297. The van der Waals surface area contributed by atoms with Crippen LogP contribution in [0.4, 0.5) is 0 Å². The van der Waals surface area contributed by atoms with Crippen molar-refractivity contribution in [3.63, 3.8) is 0 Å². The molecule has 0 aliphatic heterocycles. The number of sulfonamides is 1. The highest BCUT2D eigenvalue weighted by molar-refractivity contribution is 7.90. The minimum absolute atomic E-state index is 0.175. The van der Waals surface area contributed by atoms with Gasteiger partial charge < -0.3 is 5.32 Å². The zero-order valence-electron chi connectivity index (χ0n) is 10.5. The van der Waals surface area contributed by atoms with Gasteiger partial charge in [0.05, 0.1) is 5.25 Å². The Morgan fingerprint density at radius 1 is 1.38 bits per heavy atom. The maximum atomic E-state index is 11.9. The third kappa shape index (κ3) is 4.03. The SMILES string of the molecule is CCCNCC(C)S(=O)(=O)NC1CC(C)C1. The number of hydrogen-bond acceptors (Lipinski definition) is 3. The van der Waals surface area contributed by atoms with E-state index < -0.39 is 10.0 Å². The minimum atomic E-state index is -3.14. The van der Waals surface area contributed by atoms with Crippen LogP contribution in [0.2, 0.25) is 0 Å². The molecule has 5 heteroatoms. The number of nitrogens with one attached hydrogen (secondary N) is 2. The Morgan fingerprint density at radius 2 is 2.00 bits per heavy atom. The van der Waals surface area contributed by atoms with Crippen molar-refractivity contribution in [2.75, 3.05) is 13.1 Å². The first kappa shape index (κ1) is 13.9. The van der Waals surface area contributed by atoms with Crippen LogP contribution < -0.4 is 10.0 Å². The van der Waals surface area contributed by atoms with Crippen molar-refractivity contribution >= 4 is 10.0 Å². The topological polar surface area (TPSA) is 58.2 Å². The molecule has 1 aliphatic carbocycles. The van der Waals surface area contributed by atoms with E-state index in [1.54, 1.807) is 6.92 Å². The standard InChI is InChI=1S/C11H24N2O2S/c1-4-5-12-8-10(3)16(14,15)13-11-6-9(2)7-11/h9-13H,4-8H2,1-3H3. The van der Waals surface area contributed by atoms with Gasteiger partial charge in [-0.1, -0.05) is 13.8 Å². The van der Waals surface area contributed by atoms with Gasteiger partial charge in [0.25, 0.3) is 0 Å². The van der Waals surface area contributed by atoms with E-state index in [1.165, 1.54) is 0 Å². The van der Waals surface area contributed by atoms with Gasteiger partial charge in [0.15, 0.2) is 0 Å². The third-order valence-electron chi connectivity index (χ3n) is 3.09. The first-order valence-corrected chi connectivity index (χ1v) is 7.72. The molecule has 4 nitrogen and oxygen atoms in total. The highest BCUT2D eigenvalue weighted by atomic mass is 32.2. The molecule has 0 amide bonds. The summed E-state index contributed by atoms with van der Waals surface area (Å²) in [5.74, 6) is 0.668. The second-order valence-corrected chi connectivity index (χ2v) is 7.08. The first-order chi connectivity index (χ1) is 7.45. The van der Waals surface area contributed by atoms with Crippen LogP contribution in [-0.4, -0.2) is 32.8 Å². The molecule has 1 fully saturated rings. The van der Waals surface area contributed by atoms with Crippen LogP contribution in [0.25, 0.3) is 0 Å². The summed E-state index contributed by atoms with van der Waals surface area (Å²) in [6.07, 6.45) is 2.99. The molecule has 16 heavy (non-hydrogen) atoms. The van der Waals surface area contributed by atoms with Crippen LogP contribution in [0.1, 0.15) is 40.0 Å². The van der Waals surface area contributed by atoms with Gasteiger partial charge in [-0.2, -0.15) is 0 Å². The molecule has 0 aromatic rings. The van der Waals surface area contributed by atoms with Crippen molar-refractivity contribution in [1.29, 1.82) is 0 Å². The van der Waals surface area contributed by atoms with E-state index >= 15 is 0 Å². The minimum Gasteiger partial charge on any atom is -0.315 e. The lowest BCUT2D eigenvalue weighted by Gasteiger charge is -2.33. The second-order valence-electron chi connectivity index (χ2n) is 4.95. The highest BCUT2D eigenvalue weighted by Crippen LogP contribution is 2.27. The van der Waals surface area contributed by atoms with Crippen molar-refractivity contribution < 1.29 is 8.42 Å². The molecular formula is C11H24N2O2S. The first-order valence-electron chi connectivity index (χ1n) is 6.17. The van der Waals surface area contributed by atoms with Crippen LogP contribution in [0.15, 0.2) is 0 Å². The molecule has 0 spiro atoms. The molecule has 1 saturated carbocycles. The van der Waals surface area contributed by atoms with Gasteiger partial charge in [-0.15, -0.1) is 0 Å². The van der Waals surface area contributed by atoms with Gasteiger partial charge in [0, 0.05) is 12.6 Å². The molecule has 1 atom stereocenters. The molecule has 0 saturated heterocycles. The van der Waals surface area contributed by atoms with Gasteiger partial charge in [0.1, 0.15) is 0 Å². The van der Waals surface area contributed by atoms with Crippen molar-refractivity contribution in [1.82, 2.24) is 10.0 Å². The summed E-state index contributed by atoms with van der Waals surface area (Å²) >= 11 is 0. The summed E-state index contributed by atoms with van der Waals surface area (Å²) in [6, 6.07) is 0.175. The molecular weight excluding hydrogens is 224 g/mol. The van der Waals surface area contributed by atoms with E-state index in [1.807, 2.05) is 0 Å². The van der Waals surface area contributed by atoms with Crippen LogP contribution in [0, 0.1) is 5.92 Å². The maximum absolute atomic E-state index is 11.9. The fourth-order valence-corrected chi connectivity index (χ4v) is 3.17. The van der Waals surface area contributed by atoms with Crippen molar-refractivity contribution in [2.45, 2.75) is 51.3 Å². The summed E-state index contributed by atoms with van der Waals surface area (Å²) < 4.78 is 26.5. The number of rotatable bonds is 7. The van der Waals surface area contributed by atoms with Crippen LogP contribution in [-0.2, 0) is 10.0 Å². The molecule has 1 rings (SSSR count). The van der Waals surface area contributed by atoms with Crippen molar-refractivity contribution in [3.8, 4) is 0 Å². The second kappa shape index (κ2) is 5.98. The molecule has 2 N–H and O–H groups in total. The Morgan fingerprint density at radius 3 is 2.50 bits per heavy atom. The predicted octanol–water partition coefficient (Wildman–Crippen LogP) is 1.09. The van der Waals surface area contributed by atoms with E-state index in [0.29, 0.717) is 12.5 Å². The van der Waals surface area contributed by atoms with E-state index in [-0.39, 0.29) is 11.3 Å². The summed E-state index contributed by atoms with van der Waals surface area (Å²) in [6.45, 7) is 7.38. The summed E-state index contributed by atoms with van der Waals surface area (Å²) in [5.41, 5.74) is 0. The smallest absolute Gasteiger partial charge is 0.215 e. The van der Waals surface area contributed by atoms with Crippen LogP contribution in [0.5, 0.6) is 0 Å². The van der Waals surface area contributed by atoms with Crippen molar-refractivity contribution in [3.05, 3.63) is 0 Å². The largest absolute Gasteiger partial charge is 0.315 e. The van der Waals surface area contributed by atoms with Gasteiger partial charge in [-0.05, 0) is 38.6 Å². The molecule has 1 aliphatic rings. The lowest BCUT2D eigenvalue weighted by molar-refractivity contribution is 0.269. The van der Waals surface area contributed by atoms with Crippen LogP contribution in [0.3, 0.4) is 0 Å². The molecule has 1 unspecified atom stereocenters. The van der Waals surface area contributed by atoms with Crippen LogP contribution >= 0.6 is 0 Å². The monoisotopic (exact) mass is 248 g/mol. The molecule has 0 bridgehead atoms. The Kier molecular flexibility index (Phi) is 5.21. The molecule has 0 radical (unpaired) electrons. The summed E-state index contributed by atoms with van der Waals surface area (Å²) in [4.78, 5) is 0. The molecule has 96 valence electrons. The molecule has 0 aromatic heterocycles. The lowest BCUT2D eigenvalue weighted by atomic mass is 9.83. The zero-order chi connectivity index (χ0) is 12.2. The van der Waals surface area contributed by atoms with E-state index in [0.717, 1.165) is 25.8 Å².